The molecule has 0 amide bonds. The van der Waals surface area contributed by atoms with Gasteiger partial charge in [0.25, 0.3) is 0 Å². The maximum atomic E-state index is 13.7. The molecule has 0 aliphatic heterocycles. The second-order valence-corrected chi connectivity index (χ2v) is 4.60. The van der Waals surface area contributed by atoms with Crippen LogP contribution < -0.4 is 10.6 Å². The fourth-order valence-electron chi connectivity index (χ4n) is 1.49. The Morgan fingerprint density at radius 1 is 1.17 bits per heavy atom. The monoisotopic (exact) mass is 310 g/mol. The fraction of sp³-hybridized carbons (Fsp3) is 0.167. The number of rotatable bonds is 3. The van der Waals surface area contributed by atoms with Crippen molar-refractivity contribution in [2.45, 2.75) is 6.92 Å². The van der Waals surface area contributed by atoms with Gasteiger partial charge >= 0.3 is 0 Å². The third-order valence-electron chi connectivity index (χ3n) is 2.29. The van der Waals surface area contributed by atoms with E-state index >= 15 is 0 Å². The second-order valence-electron chi connectivity index (χ2n) is 3.68. The first-order valence-corrected chi connectivity index (χ1v) is 6.13. The van der Waals surface area contributed by atoms with Crippen LogP contribution in [0.15, 0.2) is 28.7 Å². The van der Waals surface area contributed by atoms with Gasteiger partial charge in [-0.2, -0.15) is 0 Å². The van der Waals surface area contributed by atoms with Gasteiger partial charge in [0.1, 0.15) is 23.3 Å². The van der Waals surface area contributed by atoms with Gasteiger partial charge in [-0.05, 0) is 25.1 Å². The van der Waals surface area contributed by atoms with Crippen LogP contribution in [0, 0.1) is 12.7 Å². The number of anilines is 3. The highest BCUT2D eigenvalue weighted by atomic mass is 79.9. The largest absolute Gasteiger partial charge is 0.373 e. The molecular weight excluding hydrogens is 299 g/mol. The zero-order valence-corrected chi connectivity index (χ0v) is 11.5. The van der Waals surface area contributed by atoms with E-state index in [1.807, 2.05) is 0 Å². The van der Waals surface area contributed by atoms with Crippen molar-refractivity contribution in [1.82, 2.24) is 9.97 Å². The van der Waals surface area contributed by atoms with E-state index in [2.05, 4.69) is 36.5 Å². The topological polar surface area (TPSA) is 49.8 Å². The zero-order chi connectivity index (χ0) is 13.1. The van der Waals surface area contributed by atoms with E-state index in [0.29, 0.717) is 27.6 Å². The Kier molecular flexibility index (Phi) is 3.76. The van der Waals surface area contributed by atoms with Crippen LogP contribution in [0.5, 0.6) is 0 Å². The van der Waals surface area contributed by atoms with Gasteiger partial charge in [0.05, 0.1) is 5.69 Å². The van der Waals surface area contributed by atoms with Crippen LogP contribution in [0.3, 0.4) is 0 Å². The Hall–Kier alpha value is -1.69. The van der Waals surface area contributed by atoms with Gasteiger partial charge in [-0.15, -0.1) is 0 Å². The summed E-state index contributed by atoms with van der Waals surface area (Å²) in [5, 5.41) is 5.85. The SMILES string of the molecule is CNc1cc(Nc2ccc(Br)cc2F)nc(C)n1. The lowest BCUT2D eigenvalue weighted by atomic mass is 10.3. The molecule has 2 N–H and O–H groups in total. The van der Waals surface area contributed by atoms with Gasteiger partial charge < -0.3 is 10.6 Å². The summed E-state index contributed by atoms with van der Waals surface area (Å²) in [6, 6.07) is 6.53. The minimum Gasteiger partial charge on any atom is -0.373 e. The highest BCUT2D eigenvalue weighted by Gasteiger charge is 2.05. The number of nitrogens with zero attached hydrogens (tertiary/aromatic N) is 2. The van der Waals surface area contributed by atoms with Crippen molar-refractivity contribution in [3.05, 3.63) is 40.4 Å². The number of halogens is 2. The fourth-order valence-corrected chi connectivity index (χ4v) is 1.82. The third kappa shape index (κ3) is 2.95. The standard InChI is InChI=1S/C12H12BrFN4/c1-7-16-11(15-2)6-12(17-7)18-10-4-3-8(13)5-9(10)14/h3-6H,1-2H3,(H2,15,16,17,18). The third-order valence-corrected chi connectivity index (χ3v) is 2.78. The van der Waals surface area contributed by atoms with E-state index in [9.17, 15) is 4.39 Å². The molecule has 0 saturated heterocycles. The molecule has 0 fully saturated rings. The molecule has 0 unspecified atom stereocenters. The van der Waals surface area contributed by atoms with Crippen LogP contribution in [-0.4, -0.2) is 17.0 Å². The molecule has 1 aromatic carbocycles. The number of aryl methyl sites for hydroxylation is 1. The summed E-state index contributed by atoms with van der Waals surface area (Å²) in [5.74, 6) is 1.50. The average Bonchev–Trinajstić information content (AvgIpc) is 2.32. The summed E-state index contributed by atoms with van der Waals surface area (Å²) in [6.45, 7) is 1.78. The van der Waals surface area contributed by atoms with E-state index in [-0.39, 0.29) is 5.82 Å². The van der Waals surface area contributed by atoms with Crippen molar-refractivity contribution in [2.24, 2.45) is 0 Å². The lowest BCUT2D eigenvalue weighted by Crippen LogP contribution is -2.02. The number of nitrogens with one attached hydrogen (secondary N) is 2. The van der Waals surface area contributed by atoms with Gasteiger partial charge in [0, 0.05) is 17.6 Å². The summed E-state index contributed by atoms with van der Waals surface area (Å²) >= 11 is 3.21. The Morgan fingerprint density at radius 2 is 1.89 bits per heavy atom. The van der Waals surface area contributed by atoms with Crippen molar-refractivity contribution in [1.29, 1.82) is 0 Å². The smallest absolute Gasteiger partial charge is 0.147 e. The van der Waals surface area contributed by atoms with Crippen LogP contribution in [-0.2, 0) is 0 Å². The lowest BCUT2D eigenvalue weighted by Gasteiger charge is -2.09. The number of hydrogen-bond acceptors (Lipinski definition) is 4. The van der Waals surface area contributed by atoms with Crippen molar-refractivity contribution in [3.8, 4) is 0 Å². The second kappa shape index (κ2) is 5.30. The maximum Gasteiger partial charge on any atom is 0.147 e. The van der Waals surface area contributed by atoms with Crippen LogP contribution >= 0.6 is 15.9 Å². The average molecular weight is 311 g/mol. The molecule has 18 heavy (non-hydrogen) atoms. The Morgan fingerprint density at radius 3 is 2.56 bits per heavy atom. The van der Waals surface area contributed by atoms with Crippen LogP contribution in [0.2, 0.25) is 0 Å². The Bertz CT molecular complexity index is 574. The van der Waals surface area contributed by atoms with Crippen molar-refractivity contribution >= 4 is 33.3 Å². The highest BCUT2D eigenvalue weighted by molar-refractivity contribution is 9.10. The Balaban J connectivity index is 2.30. The van der Waals surface area contributed by atoms with Crippen molar-refractivity contribution < 1.29 is 4.39 Å². The van der Waals surface area contributed by atoms with Crippen LogP contribution in [0.1, 0.15) is 5.82 Å². The molecule has 0 aliphatic rings. The lowest BCUT2D eigenvalue weighted by molar-refractivity contribution is 0.631. The van der Waals surface area contributed by atoms with Crippen LogP contribution in [0.4, 0.5) is 21.7 Å². The first kappa shape index (κ1) is 12.8. The van der Waals surface area contributed by atoms with Gasteiger partial charge in [-0.1, -0.05) is 15.9 Å². The molecule has 2 rings (SSSR count). The minimum absolute atomic E-state index is 0.341. The summed E-state index contributed by atoms with van der Waals surface area (Å²) in [5.41, 5.74) is 0.373. The molecular formula is C12H12BrFN4. The number of hydrogen-bond donors (Lipinski definition) is 2. The molecule has 0 atom stereocenters. The molecule has 0 saturated carbocycles. The zero-order valence-electron chi connectivity index (χ0n) is 9.96. The molecule has 0 spiro atoms. The molecule has 1 aromatic heterocycles. The number of benzene rings is 1. The van der Waals surface area contributed by atoms with Crippen molar-refractivity contribution in [2.75, 3.05) is 17.7 Å². The molecule has 6 heteroatoms. The van der Waals surface area contributed by atoms with E-state index in [1.165, 1.54) is 6.07 Å². The molecule has 2 aromatic rings. The molecule has 4 nitrogen and oxygen atoms in total. The van der Waals surface area contributed by atoms with Gasteiger partial charge in [-0.3, -0.25) is 0 Å². The highest BCUT2D eigenvalue weighted by Crippen LogP contribution is 2.23. The van der Waals surface area contributed by atoms with Gasteiger partial charge in [-0.25, -0.2) is 14.4 Å². The van der Waals surface area contributed by atoms with E-state index in [4.69, 9.17) is 0 Å². The summed E-state index contributed by atoms with van der Waals surface area (Å²) < 4.78 is 14.4. The molecule has 1 heterocycles. The summed E-state index contributed by atoms with van der Waals surface area (Å²) in [4.78, 5) is 8.37. The quantitative estimate of drug-likeness (QED) is 0.911. The van der Waals surface area contributed by atoms with E-state index in [1.54, 1.807) is 32.2 Å². The Labute approximate surface area is 113 Å². The molecule has 0 aliphatic carbocycles. The predicted octanol–water partition coefficient (Wildman–Crippen LogP) is 3.47. The number of aromatic nitrogens is 2. The van der Waals surface area contributed by atoms with Crippen LogP contribution in [0.25, 0.3) is 0 Å². The molecule has 94 valence electrons. The summed E-state index contributed by atoms with van der Waals surface area (Å²) in [7, 11) is 1.77. The maximum absolute atomic E-state index is 13.7. The molecule has 0 radical (unpaired) electrons. The first-order valence-electron chi connectivity index (χ1n) is 5.34. The predicted molar refractivity (Wildman–Crippen MR) is 73.7 cm³/mol. The van der Waals surface area contributed by atoms with Gasteiger partial charge in [0.2, 0.25) is 0 Å². The molecule has 0 bridgehead atoms. The first-order chi connectivity index (χ1) is 8.58. The van der Waals surface area contributed by atoms with Crippen molar-refractivity contribution in [3.63, 3.8) is 0 Å². The van der Waals surface area contributed by atoms with Gasteiger partial charge in [0.15, 0.2) is 0 Å². The minimum atomic E-state index is -0.341. The van der Waals surface area contributed by atoms with E-state index in [0.717, 1.165) is 0 Å². The normalized spacial score (nSPS) is 10.2. The van der Waals surface area contributed by atoms with E-state index < -0.39 is 0 Å². The summed E-state index contributed by atoms with van der Waals surface area (Å²) in [6.07, 6.45) is 0.